The zero-order valence-corrected chi connectivity index (χ0v) is 19.3. The first kappa shape index (κ1) is 23.3. The minimum Gasteiger partial charge on any atom is -0.345 e. The molecule has 3 aromatic rings. The molecule has 0 fully saturated rings. The highest BCUT2D eigenvalue weighted by Crippen LogP contribution is 2.24. The molecule has 32 heavy (non-hydrogen) atoms. The van der Waals surface area contributed by atoms with Crippen LogP contribution in [0.25, 0.3) is 0 Å². The number of amides is 2. The van der Waals surface area contributed by atoms with Crippen molar-refractivity contribution in [3.05, 3.63) is 88.4 Å². The van der Waals surface area contributed by atoms with E-state index in [4.69, 9.17) is 11.6 Å². The first-order valence-corrected chi connectivity index (χ1v) is 11.4. The number of hydrogen-bond acceptors (Lipinski definition) is 4. The van der Waals surface area contributed by atoms with E-state index in [-0.39, 0.29) is 21.4 Å². The van der Waals surface area contributed by atoms with Crippen molar-refractivity contribution < 1.29 is 18.0 Å². The predicted molar refractivity (Wildman–Crippen MR) is 126 cm³/mol. The van der Waals surface area contributed by atoms with E-state index >= 15 is 0 Å². The lowest BCUT2D eigenvalue weighted by Gasteiger charge is -2.13. The van der Waals surface area contributed by atoms with Crippen molar-refractivity contribution in [2.24, 2.45) is 0 Å². The maximum absolute atomic E-state index is 12.8. The Morgan fingerprint density at radius 1 is 0.906 bits per heavy atom. The number of benzene rings is 3. The highest BCUT2D eigenvalue weighted by atomic mass is 35.5. The van der Waals surface area contributed by atoms with Gasteiger partial charge in [-0.3, -0.25) is 14.3 Å². The quantitative estimate of drug-likeness (QED) is 0.556. The number of rotatable bonds is 6. The Hall–Kier alpha value is -3.36. The average Bonchev–Trinajstić information content (AvgIpc) is 2.73. The van der Waals surface area contributed by atoms with Gasteiger partial charge >= 0.3 is 0 Å². The molecule has 0 bridgehead atoms. The summed E-state index contributed by atoms with van der Waals surface area (Å²) in [5, 5.41) is 2.75. The molecule has 0 aliphatic heterocycles. The third kappa shape index (κ3) is 5.46. The number of aryl methyl sites for hydroxylation is 1. The van der Waals surface area contributed by atoms with Gasteiger partial charge in [-0.2, -0.15) is 0 Å². The Labute approximate surface area is 192 Å². The van der Waals surface area contributed by atoms with E-state index in [1.54, 1.807) is 50.5 Å². The van der Waals surface area contributed by atoms with Gasteiger partial charge < -0.3 is 10.2 Å². The van der Waals surface area contributed by atoms with E-state index in [9.17, 15) is 18.0 Å². The van der Waals surface area contributed by atoms with Gasteiger partial charge in [0.25, 0.3) is 21.8 Å². The predicted octanol–water partition coefficient (Wildman–Crippen LogP) is 4.40. The molecule has 0 aliphatic carbocycles. The minimum absolute atomic E-state index is 0.0110. The molecule has 0 heterocycles. The van der Waals surface area contributed by atoms with Crippen molar-refractivity contribution >= 4 is 44.8 Å². The van der Waals surface area contributed by atoms with Crippen molar-refractivity contribution in [1.29, 1.82) is 0 Å². The normalized spacial score (nSPS) is 11.0. The molecule has 0 atom stereocenters. The number of carbonyl (C=O) groups excluding carboxylic acids is 2. The fraction of sp³-hybridized carbons (Fsp3) is 0.130. The summed E-state index contributed by atoms with van der Waals surface area (Å²) in [6, 6.07) is 17.2. The molecule has 2 amide bonds. The summed E-state index contributed by atoms with van der Waals surface area (Å²) in [6.45, 7) is 1.85. The number of hydrogen-bond donors (Lipinski definition) is 2. The van der Waals surface area contributed by atoms with E-state index in [2.05, 4.69) is 10.0 Å². The number of nitrogens with zero attached hydrogens (tertiary/aromatic N) is 1. The van der Waals surface area contributed by atoms with Gasteiger partial charge in [0, 0.05) is 31.0 Å². The van der Waals surface area contributed by atoms with Crippen LogP contribution < -0.4 is 10.0 Å². The molecule has 0 saturated heterocycles. The number of anilines is 2. The van der Waals surface area contributed by atoms with Crippen LogP contribution >= 0.6 is 11.6 Å². The topological polar surface area (TPSA) is 95.6 Å². The molecule has 0 unspecified atom stereocenters. The van der Waals surface area contributed by atoms with Gasteiger partial charge in [-0.05, 0) is 61.0 Å². The molecule has 9 heteroatoms. The Bertz CT molecular complexity index is 1290. The fourth-order valence-corrected chi connectivity index (χ4v) is 4.23. The maximum Gasteiger partial charge on any atom is 0.261 e. The Balaban J connectivity index is 1.86. The minimum atomic E-state index is -3.94. The van der Waals surface area contributed by atoms with Crippen LogP contribution in [0.4, 0.5) is 11.4 Å². The van der Waals surface area contributed by atoms with Crippen LogP contribution in [-0.4, -0.2) is 39.2 Å². The number of halogens is 1. The summed E-state index contributed by atoms with van der Waals surface area (Å²) >= 11 is 6.17. The Kier molecular flexibility index (Phi) is 6.86. The van der Waals surface area contributed by atoms with E-state index in [1.165, 1.54) is 29.2 Å². The van der Waals surface area contributed by atoms with Crippen molar-refractivity contribution in [3.63, 3.8) is 0 Å². The van der Waals surface area contributed by atoms with Crippen molar-refractivity contribution in [2.45, 2.75) is 11.8 Å². The molecule has 0 aliphatic rings. The van der Waals surface area contributed by atoms with Crippen LogP contribution in [0.5, 0.6) is 0 Å². The summed E-state index contributed by atoms with van der Waals surface area (Å²) in [7, 11) is -0.684. The van der Waals surface area contributed by atoms with Crippen LogP contribution in [-0.2, 0) is 10.0 Å². The molecular weight excluding hydrogens is 450 g/mol. The van der Waals surface area contributed by atoms with Crippen LogP contribution in [0.15, 0.2) is 71.6 Å². The van der Waals surface area contributed by atoms with Crippen LogP contribution in [0.2, 0.25) is 5.02 Å². The smallest absolute Gasteiger partial charge is 0.261 e. The summed E-state index contributed by atoms with van der Waals surface area (Å²) in [5.74, 6) is -0.813. The van der Waals surface area contributed by atoms with E-state index in [0.717, 1.165) is 5.56 Å². The highest BCUT2D eigenvalue weighted by Gasteiger charge is 2.20. The molecule has 2 N–H and O–H groups in total. The molecule has 3 aromatic carbocycles. The summed E-state index contributed by atoms with van der Waals surface area (Å²) in [5.41, 5.74) is 2.08. The maximum atomic E-state index is 12.8. The lowest BCUT2D eigenvalue weighted by atomic mass is 10.1. The van der Waals surface area contributed by atoms with Crippen molar-refractivity contribution in [1.82, 2.24) is 4.90 Å². The summed E-state index contributed by atoms with van der Waals surface area (Å²) in [6.07, 6.45) is 0. The first-order chi connectivity index (χ1) is 15.1. The third-order valence-corrected chi connectivity index (χ3v) is 6.25. The lowest BCUT2D eigenvalue weighted by molar-refractivity contribution is 0.0827. The number of nitrogens with one attached hydrogen (secondary N) is 2. The molecule has 0 spiro atoms. The molecule has 0 saturated carbocycles. The molecule has 0 radical (unpaired) electrons. The fourth-order valence-electron chi connectivity index (χ4n) is 2.95. The standard InChI is InChI=1S/C23H22ClN3O4S/c1-15-6-4-9-18(12-15)26-32(30,31)19-10-11-21(24)20(14-19)22(28)25-17-8-5-7-16(13-17)23(29)27(2)3/h4-14,26H,1-3H3,(H,25,28). The average molecular weight is 472 g/mol. The van der Waals surface area contributed by atoms with Crippen molar-refractivity contribution in [2.75, 3.05) is 24.1 Å². The number of carbonyl (C=O) groups is 2. The largest absolute Gasteiger partial charge is 0.345 e. The molecule has 3 rings (SSSR count). The van der Waals surface area contributed by atoms with Crippen molar-refractivity contribution in [3.8, 4) is 0 Å². The van der Waals surface area contributed by atoms with E-state index in [0.29, 0.717) is 16.9 Å². The number of sulfonamides is 1. The summed E-state index contributed by atoms with van der Waals surface area (Å²) in [4.78, 5) is 26.3. The first-order valence-electron chi connectivity index (χ1n) is 9.59. The van der Waals surface area contributed by atoms with E-state index in [1.807, 2.05) is 13.0 Å². The lowest BCUT2D eigenvalue weighted by Crippen LogP contribution is -2.22. The highest BCUT2D eigenvalue weighted by molar-refractivity contribution is 7.92. The van der Waals surface area contributed by atoms with Gasteiger partial charge in [0.2, 0.25) is 0 Å². The Morgan fingerprint density at radius 2 is 1.59 bits per heavy atom. The SMILES string of the molecule is Cc1cccc(NS(=O)(=O)c2ccc(Cl)c(C(=O)Nc3cccc(C(=O)N(C)C)c3)c2)c1. The van der Waals surface area contributed by atoms with Gasteiger partial charge in [0.15, 0.2) is 0 Å². The van der Waals surface area contributed by atoms with Gasteiger partial charge in [-0.25, -0.2) is 8.42 Å². The third-order valence-electron chi connectivity index (χ3n) is 4.54. The molecule has 166 valence electrons. The zero-order chi connectivity index (χ0) is 23.5. The second-order valence-electron chi connectivity index (χ2n) is 7.35. The van der Waals surface area contributed by atoms with E-state index < -0.39 is 15.9 Å². The molecular formula is C23H22ClN3O4S. The van der Waals surface area contributed by atoms with Crippen LogP contribution in [0, 0.1) is 6.92 Å². The van der Waals surface area contributed by atoms with Gasteiger partial charge in [0.1, 0.15) is 0 Å². The van der Waals surface area contributed by atoms with Gasteiger partial charge in [0.05, 0.1) is 15.5 Å². The van der Waals surface area contributed by atoms with Crippen LogP contribution in [0.1, 0.15) is 26.3 Å². The van der Waals surface area contributed by atoms with Gasteiger partial charge in [-0.15, -0.1) is 0 Å². The van der Waals surface area contributed by atoms with Gasteiger partial charge in [-0.1, -0.05) is 29.8 Å². The summed E-state index contributed by atoms with van der Waals surface area (Å²) < 4.78 is 28.1. The molecule has 7 nitrogen and oxygen atoms in total. The zero-order valence-electron chi connectivity index (χ0n) is 17.7. The molecule has 0 aromatic heterocycles. The Morgan fingerprint density at radius 3 is 2.28 bits per heavy atom. The second kappa shape index (κ2) is 9.42. The monoisotopic (exact) mass is 471 g/mol. The second-order valence-corrected chi connectivity index (χ2v) is 9.44. The van der Waals surface area contributed by atoms with Crippen LogP contribution in [0.3, 0.4) is 0 Å².